The van der Waals surface area contributed by atoms with Crippen LogP contribution in [0.5, 0.6) is 0 Å². The lowest BCUT2D eigenvalue weighted by molar-refractivity contribution is -0.122. The monoisotopic (exact) mass is 174 g/mol. The van der Waals surface area contributed by atoms with Crippen molar-refractivity contribution in [1.82, 2.24) is 5.32 Å². The fourth-order valence-corrected chi connectivity index (χ4v) is 0.679. The predicted molar refractivity (Wildman–Crippen MR) is 47.6 cm³/mol. The van der Waals surface area contributed by atoms with Crippen molar-refractivity contribution in [2.45, 2.75) is 38.8 Å². The molecule has 0 aromatic carbocycles. The van der Waals surface area contributed by atoms with E-state index in [0.29, 0.717) is 6.42 Å². The first-order valence-electron chi connectivity index (χ1n) is 4.06. The summed E-state index contributed by atoms with van der Waals surface area (Å²) < 4.78 is 0. The number of hydrogen-bond donors (Lipinski definition) is 3. The Kier molecular flexibility index (Phi) is 4.20. The molecular weight excluding hydrogens is 156 g/mol. The molecule has 0 bridgehead atoms. The summed E-state index contributed by atoms with van der Waals surface area (Å²) in [5.41, 5.74) is 4.56. The smallest absolute Gasteiger partial charge is 0.221 e. The minimum atomic E-state index is -0.854. The van der Waals surface area contributed by atoms with Crippen LogP contribution in [-0.2, 0) is 4.79 Å². The van der Waals surface area contributed by atoms with Gasteiger partial charge >= 0.3 is 0 Å². The quantitative estimate of drug-likeness (QED) is 0.543. The van der Waals surface area contributed by atoms with Gasteiger partial charge in [-0.1, -0.05) is 0 Å². The van der Waals surface area contributed by atoms with E-state index in [1.807, 2.05) is 0 Å². The second-order valence-corrected chi connectivity index (χ2v) is 3.77. The molecule has 0 aliphatic carbocycles. The van der Waals surface area contributed by atoms with Crippen LogP contribution in [0.4, 0.5) is 0 Å². The summed E-state index contributed by atoms with van der Waals surface area (Å²) in [4.78, 5) is 11.0. The van der Waals surface area contributed by atoms with Gasteiger partial charge in [0.05, 0.1) is 5.60 Å². The van der Waals surface area contributed by atoms with Crippen LogP contribution in [0, 0.1) is 0 Å². The van der Waals surface area contributed by atoms with Crippen molar-refractivity contribution in [1.29, 1.82) is 0 Å². The molecule has 0 saturated heterocycles. The molecule has 0 aromatic rings. The largest absolute Gasteiger partial charge is 0.389 e. The molecular formula is C8H18N2O2. The topological polar surface area (TPSA) is 75.4 Å². The van der Waals surface area contributed by atoms with E-state index in [1.165, 1.54) is 0 Å². The molecule has 1 amide bonds. The van der Waals surface area contributed by atoms with E-state index in [1.54, 1.807) is 20.8 Å². The van der Waals surface area contributed by atoms with Crippen molar-refractivity contribution in [3.05, 3.63) is 0 Å². The fourth-order valence-electron chi connectivity index (χ4n) is 0.679. The lowest BCUT2D eigenvalue weighted by Crippen LogP contribution is -2.39. The third-order valence-electron chi connectivity index (χ3n) is 1.23. The van der Waals surface area contributed by atoms with Crippen molar-refractivity contribution in [2.24, 2.45) is 5.73 Å². The van der Waals surface area contributed by atoms with Crippen molar-refractivity contribution < 1.29 is 9.90 Å². The standard InChI is InChI=1S/C8H18N2O2/c1-6(9)4-7(11)10-5-8(2,3)12/h6,12H,4-5,9H2,1-3H3,(H,10,11). The zero-order valence-electron chi connectivity index (χ0n) is 7.92. The number of amides is 1. The maximum Gasteiger partial charge on any atom is 0.221 e. The lowest BCUT2D eigenvalue weighted by Gasteiger charge is -2.17. The molecule has 0 rings (SSSR count). The van der Waals surface area contributed by atoms with E-state index < -0.39 is 5.60 Å². The molecule has 1 unspecified atom stereocenters. The van der Waals surface area contributed by atoms with Crippen LogP contribution in [-0.4, -0.2) is 29.2 Å². The van der Waals surface area contributed by atoms with E-state index in [9.17, 15) is 9.90 Å². The highest BCUT2D eigenvalue weighted by molar-refractivity contribution is 5.76. The van der Waals surface area contributed by atoms with E-state index in [-0.39, 0.29) is 18.5 Å². The normalized spacial score (nSPS) is 14.1. The zero-order chi connectivity index (χ0) is 9.78. The van der Waals surface area contributed by atoms with Crippen LogP contribution in [0.3, 0.4) is 0 Å². The molecule has 0 radical (unpaired) electrons. The number of carbonyl (C=O) groups excluding carboxylic acids is 1. The zero-order valence-corrected chi connectivity index (χ0v) is 7.92. The Morgan fingerprint density at radius 1 is 1.67 bits per heavy atom. The van der Waals surface area contributed by atoms with Crippen LogP contribution in [0.25, 0.3) is 0 Å². The predicted octanol–water partition coefficient (Wildman–Crippen LogP) is -0.389. The van der Waals surface area contributed by atoms with E-state index in [4.69, 9.17) is 5.73 Å². The van der Waals surface area contributed by atoms with Crippen LogP contribution in [0.15, 0.2) is 0 Å². The molecule has 72 valence electrons. The highest BCUT2D eigenvalue weighted by atomic mass is 16.3. The van der Waals surface area contributed by atoms with Crippen molar-refractivity contribution in [3.8, 4) is 0 Å². The van der Waals surface area contributed by atoms with Crippen molar-refractivity contribution >= 4 is 5.91 Å². The molecule has 0 aliphatic rings. The number of nitrogens with one attached hydrogen (secondary N) is 1. The highest BCUT2D eigenvalue weighted by Gasteiger charge is 2.14. The minimum absolute atomic E-state index is 0.118. The Hall–Kier alpha value is -0.610. The molecule has 0 aromatic heterocycles. The van der Waals surface area contributed by atoms with Crippen molar-refractivity contribution in [2.75, 3.05) is 6.54 Å². The Balaban J connectivity index is 3.58. The SMILES string of the molecule is CC(N)CC(=O)NCC(C)(C)O. The molecule has 0 heterocycles. The second-order valence-electron chi connectivity index (χ2n) is 3.77. The summed E-state index contributed by atoms with van der Waals surface area (Å²) in [6, 6.07) is -0.133. The Morgan fingerprint density at radius 3 is 2.50 bits per heavy atom. The maximum absolute atomic E-state index is 11.0. The van der Waals surface area contributed by atoms with E-state index in [0.717, 1.165) is 0 Å². The van der Waals surface area contributed by atoms with Gasteiger partial charge in [0.15, 0.2) is 0 Å². The number of carbonyl (C=O) groups is 1. The van der Waals surface area contributed by atoms with Gasteiger partial charge in [-0.05, 0) is 20.8 Å². The summed E-state index contributed by atoms with van der Waals surface area (Å²) in [7, 11) is 0. The minimum Gasteiger partial charge on any atom is -0.389 e. The summed E-state index contributed by atoms with van der Waals surface area (Å²) in [6.45, 7) is 5.31. The Labute approximate surface area is 73.1 Å². The number of nitrogens with two attached hydrogens (primary N) is 1. The Bertz CT molecular complexity index is 150. The molecule has 4 nitrogen and oxygen atoms in total. The fraction of sp³-hybridized carbons (Fsp3) is 0.875. The molecule has 0 aliphatic heterocycles. The van der Waals surface area contributed by atoms with Gasteiger partial charge in [-0.25, -0.2) is 0 Å². The van der Waals surface area contributed by atoms with Gasteiger partial charge in [-0.15, -0.1) is 0 Å². The third-order valence-corrected chi connectivity index (χ3v) is 1.23. The maximum atomic E-state index is 11.0. The summed E-state index contributed by atoms with van der Waals surface area (Å²) in [6.07, 6.45) is 0.302. The first-order valence-corrected chi connectivity index (χ1v) is 4.06. The van der Waals surface area contributed by atoms with E-state index in [2.05, 4.69) is 5.32 Å². The highest BCUT2D eigenvalue weighted by Crippen LogP contribution is 1.97. The number of hydrogen-bond acceptors (Lipinski definition) is 3. The van der Waals surface area contributed by atoms with Gasteiger partial charge in [0, 0.05) is 19.0 Å². The molecule has 0 saturated carbocycles. The van der Waals surface area contributed by atoms with Gasteiger partial charge in [-0.3, -0.25) is 4.79 Å². The van der Waals surface area contributed by atoms with Crippen molar-refractivity contribution in [3.63, 3.8) is 0 Å². The average molecular weight is 174 g/mol. The van der Waals surface area contributed by atoms with Crippen LogP contribution in [0.1, 0.15) is 27.2 Å². The van der Waals surface area contributed by atoms with Crippen LogP contribution < -0.4 is 11.1 Å². The molecule has 4 N–H and O–H groups in total. The van der Waals surface area contributed by atoms with E-state index >= 15 is 0 Å². The molecule has 0 fully saturated rings. The third kappa shape index (κ3) is 7.50. The number of rotatable bonds is 4. The summed E-state index contributed by atoms with van der Waals surface area (Å²) >= 11 is 0. The second kappa shape index (κ2) is 4.42. The summed E-state index contributed by atoms with van der Waals surface area (Å²) in [5, 5.41) is 11.8. The molecule has 4 heteroatoms. The van der Waals surface area contributed by atoms with Gasteiger partial charge in [0.2, 0.25) is 5.91 Å². The molecule has 12 heavy (non-hydrogen) atoms. The van der Waals surface area contributed by atoms with Crippen LogP contribution in [0.2, 0.25) is 0 Å². The first kappa shape index (κ1) is 11.4. The number of aliphatic hydroxyl groups is 1. The van der Waals surface area contributed by atoms with Crippen LogP contribution >= 0.6 is 0 Å². The molecule has 1 atom stereocenters. The van der Waals surface area contributed by atoms with Gasteiger partial charge in [0.25, 0.3) is 0 Å². The van der Waals surface area contributed by atoms with Gasteiger partial charge in [0.1, 0.15) is 0 Å². The van der Waals surface area contributed by atoms with Gasteiger partial charge in [-0.2, -0.15) is 0 Å². The summed E-state index contributed by atoms with van der Waals surface area (Å²) in [5.74, 6) is -0.118. The van der Waals surface area contributed by atoms with Gasteiger partial charge < -0.3 is 16.2 Å². The average Bonchev–Trinajstić information content (AvgIpc) is 1.80. The lowest BCUT2D eigenvalue weighted by atomic mass is 10.1. The first-order chi connectivity index (χ1) is 5.31. The molecule has 0 spiro atoms. The Morgan fingerprint density at radius 2 is 2.17 bits per heavy atom.